The van der Waals surface area contributed by atoms with Gasteiger partial charge in [-0.15, -0.1) is 0 Å². The summed E-state index contributed by atoms with van der Waals surface area (Å²) in [5.74, 6) is 0.658. The van der Waals surface area contributed by atoms with E-state index in [9.17, 15) is 4.79 Å². The summed E-state index contributed by atoms with van der Waals surface area (Å²) < 4.78 is 0. The fraction of sp³-hybridized carbons (Fsp3) is 0.273. The second-order valence-electron chi connectivity index (χ2n) is 3.58. The maximum atomic E-state index is 11.3. The van der Waals surface area contributed by atoms with Crippen LogP contribution in [0.3, 0.4) is 0 Å². The molecule has 0 spiro atoms. The van der Waals surface area contributed by atoms with Gasteiger partial charge in [-0.05, 0) is 13.8 Å². The number of aryl methyl sites for hydroxylation is 1. The Balaban J connectivity index is 2.20. The monoisotopic (exact) mass is 248 g/mol. The van der Waals surface area contributed by atoms with Crippen LogP contribution >= 0.6 is 11.8 Å². The van der Waals surface area contributed by atoms with Crippen LogP contribution in [0.4, 0.5) is 0 Å². The van der Waals surface area contributed by atoms with Crippen LogP contribution in [0.15, 0.2) is 34.5 Å². The summed E-state index contributed by atoms with van der Waals surface area (Å²) in [5.41, 5.74) is 0.592. The van der Waals surface area contributed by atoms with Gasteiger partial charge in [0.15, 0.2) is 0 Å². The first kappa shape index (κ1) is 11.8. The van der Waals surface area contributed by atoms with Crippen LogP contribution in [0.2, 0.25) is 0 Å². The number of aromatic amines is 1. The second-order valence-corrected chi connectivity index (χ2v) is 4.94. The first-order valence-electron chi connectivity index (χ1n) is 5.15. The molecule has 1 atom stereocenters. The van der Waals surface area contributed by atoms with Gasteiger partial charge in [-0.3, -0.25) is 9.78 Å². The Hall–Kier alpha value is -1.69. The smallest absolute Gasteiger partial charge is 0.251 e. The van der Waals surface area contributed by atoms with Crippen LogP contribution < -0.4 is 5.56 Å². The maximum absolute atomic E-state index is 11.3. The van der Waals surface area contributed by atoms with Crippen LogP contribution in [0, 0.1) is 6.92 Å². The molecule has 88 valence electrons. The van der Waals surface area contributed by atoms with Gasteiger partial charge in [-0.2, -0.15) is 0 Å². The van der Waals surface area contributed by atoms with Gasteiger partial charge in [0.25, 0.3) is 5.56 Å². The van der Waals surface area contributed by atoms with E-state index in [-0.39, 0.29) is 10.8 Å². The van der Waals surface area contributed by atoms with Crippen LogP contribution in [-0.4, -0.2) is 19.9 Å². The number of rotatable bonds is 3. The van der Waals surface area contributed by atoms with E-state index in [4.69, 9.17) is 0 Å². The Labute approximate surface area is 103 Å². The highest BCUT2D eigenvalue weighted by Crippen LogP contribution is 2.30. The van der Waals surface area contributed by atoms with E-state index in [2.05, 4.69) is 19.9 Å². The van der Waals surface area contributed by atoms with Crippen molar-refractivity contribution in [3.63, 3.8) is 0 Å². The molecule has 0 aliphatic heterocycles. The molecule has 1 N–H and O–H groups in total. The van der Waals surface area contributed by atoms with E-state index in [1.54, 1.807) is 25.5 Å². The van der Waals surface area contributed by atoms with E-state index in [0.717, 1.165) is 10.7 Å². The lowest BCUT2D eigenvalue weighted by Gasteiger charge is -2.09. The van der Waals surface area contributed by atoms with Gasteiger partial charge in [0.1, 0.15) is 10.9 Å². The normalized spacial score (nSPS) is 12.4. The fourth-order valence-corrected chi connectivity index (χ4v) is 2.21. The Morgan fingerprint density at radius 2 is 2.24 bits per heavy atom. The molecular formula is C11H12N4OS. The zero-order chi connectivity index (χ0) is 12.3. The fourth-order valence-electron chi connectivity index (χ4n) is 1.38. The third kappa shape index (κ3) is 3.13. The number of hydrogen-bond donors (Lipinski definition) is 1. The van der Waals surface area contributed by atoms with E-state index >= 15 is 0 Å². The molecule has 0 saturated heterocycles. The zero-order valence-corrected chi connectivity index (χ0v) is 10.4. The number of thioether (sulfide) groups is 1. The van der Waals surface area contributed by atoms with Crippen LogP contribution in [0.25, 0.3) is 0 Å². The average Bonchev–Trinajstić information content (AvgIpc) is 2.29. The summed E-state index contributed by atoms with van der Waals surface area (Å²) in [6, 6.07) is 1.48. The van der Waals surface area contributed by atoms with E-state index in [0.29, 0.717) is 5.82 Å². The number of nitrogens with zero attached hydrogens (tertiary/aromatic N) is 3. The molecular weight excluding hydrogens is 236 g/mol. The van der Waals surface area contributed by atoms with E-state index < -0.39 is 0 Å². The molecule has 0 aliphatic carbocycles. The van der Waals surface area contributed by atoms with Crippen molar-refractivity contribution in [1.82, 2.24) is 19.9 Å². The molecule has 2 rings (SSSR count). The molecule has 0 fully saturated rings. The Morgan fingerprint density at radius 1 is 1.41 bits per heavy atom. The number of nitrogens with one attached hydrogen (secondary N) is 1. The molecule has 2 aromatic rings. The van der Waals surface area contributed by atoms with Gasteiger partial charge in [0.2, 0.25) is 0 Å². The molecule has 0 amide bonds. The highest BCUT2D eigenvalue weighted by Gasteiger charge is 2.11. The maximum Gasteiger partial charge on any atom is 0.251 e. The Morgan fingerprint density at radius 3 is 2.88 bits per heavy atom. The minimum Gasteiger partial charge on any atom is -0.310 e. The minimum absolute atomic E-state index is 0.0271. The number of aromatic nitrogens is 4. The van der Waals surface area contributed by atoms with Gasteiger partial charge >= 0.3 is 0 Å². The molecule has 2 aromatic heterocycles. The summed E-state index contributed by atoms with van der Waals surface area (Å²) in [6.07, 6.45) is 4.96. The van der Waals surface area contributed by atoms with Crippen molar-refractivity contribution in [2.24, 2.45) is 0 Å². The largest absolute Gasteiger partial charge is 0.310 e. The first-order valence-corrected chi connectivity index (χ1v) is 6.03. The van der Waals surface area contributed by atoms with Gasteiger partial charge < -0.3 is 4.98 Å². The number of hydrogen-bond acceptors (Lipinski definition) is 5. The molecule has 2 heterocycles. The zero-order valence-electron chi connectivity index (χ0n) is 9.54. The Bertz CT molecular complexity index is 555. The molecule has 0 unspecified atom stereocenters. The van der Waals surface area contributed by atoms with E-state index in [1.807, 2.05) is 6.92 Å². The molecule has 5 nitrogen and oxygen atoms in total. The predicted octanol–water partition coefficient (Wildman–Crippen LogP) is 1.72. The van der Waals surface area contributed by atoms with Crippen molar-refractivity contribution >= 4 is 11.8 Å². The molecule has 0 bridgehead atoms. The van der Waals surface area contributed by atoms with Gasteiger partial charge in [0, 0.05) is 24.2 Å². The summed E-state index contributed by atoms with van der Waals surface area (Å²) in [7, 11) is 0. The summed E-state index contributed by atoms with van der Waals surface area (Å²) in [4.78, 5) is 26.5. The topological polar surface area (TPSA) is 71.5 Å². The Kier molecular flexibility index (Phi) is 3.53. The lowest BCUT2D eigenvalue weighted by molar-refractivity contribution is 0.878. The quantitative estimate of drug-likeness (QED) is 0.837. The van der Waals surface area contributed by atoms with E-state index in [1.165, 1.54) is 17.8 Å². The van der Waals surface area contributed by atoms with Crippen molar-refractivity contribution in [1.29, 1.82) is 0 Å². The third-order valence-electron chi connectivity index (χ3n) is 2.11. The molecule has 17 heavy (non-hydrogen) atoms. The lowest BCUT2D eigenvalue weighted by Crippen LogP contribution is -2.12. The molecule has 0 aromatic carbocycles. The average molecular weight is 248 g/mol. The molecule has 0 radical (unpaired) electrons. The van der Waals surface area contributed by atoms with Crippen molar-refractivity contribution in [3.8, 4) is 0 Å². The van der Waals surface area contributed by atoms with Gasteiger partial charge in [-0.25, -0.2) is 9.97 Å². The van der Waals surface area contributed by atoms with Crippen molar-refractivity contribution in [2.45, 2.75) is 24.1 Å². The number of H-pyrrole nitrogens is 1. The molecule has 0 saturated carbocycles. The van der Waals surface area contributed by atoms with Crippen LogP contribution in [0.5, 0.6) is 0 Å². The SMILES string of the molecule is Cc1cc(=O)[nH]c([C@@H](C)Sc2cnccn2)n1. The summed E-state index contributed by atoms with van der Waals surface area (Å²) in [5, 5.41) is 0.837. The van der Waals surface area contributed by atoms with Crippen LogP contribution in [-0.2, 0) is 0 Å². The lowest BCUT2D eigenvalue weighted by atomic mass is 10.4. The second kappa shape index (κ2) is 5.09. The standard InChI is InChI=1S/C11H12N4OS/c1-7-5-9(16)15-11(14-7)8(2)17-10-6-12-3-4-13-10/h3-6,8H,1-2H3,(H,14,15,16)/t8-/m1/s1. The van der Waals surface area contributed by atoms with Crippen molar-refractivity contribution in [3.05, 3.63) is 46.5 Å². The highest BCUT2D eigenvalue weighted by atomic mass is 32.2. The molecule has 6 heteroatoms. The van der Waals surface area contributed by atoms with Crippen molar-refractivity contribution in [2.75, 3.05) is 0 Å². The predicted molar refractivity (Wildman–Crippen MR) is 65.9 cm³/mol. The van der Waals surface area contributed by atoms with Crippen molar-refractivity contribution < 1.29 is 0 Å². The third-order valence-corrected chi connectivity index (χ3v) is 3.14. The minimum atomic E-state index is -0.126. The van der Waals surface area contributed by atoms with Crippen LogP contribution in [0.1, 0.15) is 23.7 Å². The van der Waals surface area contributed by atoms with Gasteiger partial charge in [-0.1, -0.05) is 11.8 Å². The first-order chi connectivity index (χ1) is 8.15. The summed E-state index contributed by atoms with van der Waals surface area (Å²) in [6.45, 7) is 3.77. The highest BCUT2D eigenvalue weighted by molar-refractivity contribution is 7.99. The molecule has 0 aliphatic rings. The summed E-state index contributed by atoms with van der Waals surface area (Å²) >= 11 is 1.51. The van der Waals surface area contributed by atoms with Gasteiger partial charge in [0.05, 0.1) is 11.4 Å².